The topological polar surface area (TPSA) is 75.7 Å². The van der Waals surface area contributed by atoms with Gasteiger partial charge in [0.05, 0.1) is 4.90 Å². The van der Waals surface area contributed by atoms with Gasteiger partial charge >= 0.3 is 0 Å². The molecule has 1 aromatic carbocycles. The van der Waals surface area contributed by atoms with Crippen LogP contribution in [0.25, 0.3) is 0 Å². The SMILES string of the molecule is CN(C)S(=O)(=O)c1cc(C(=O)NCCCOCC2CC2)ccc1Br. The van der Waals surface area contributed by atoms with Crippen LogP contribution in [0.5, 0.6) is 0 Å². The van der Waals surface area contributed by atoms with E-state index in [0.717, 1.165) is 23.3 Å². The predicted octanol–water partition coefficient (Wildman–Crippen LogP) is 2.25. The van der Waals surface area contributed by atoms with Gasteiger partial charge in [0.25, 0.3) is 5.91 Å². The Hall–Kier alpha value is -0.960. The van der Waals surface area contributed by atoms with Crippen molar-refractivity contribution in [3.8, 4) is 0 Å². The third kappa shape index (κ3) is 5.27. The van der Waals surface area contributed by atoms with Crippen LogP contribution >= 0.6 is 15.9 Å². The fourth-order valence-corrected chi connectivity index (χ4v) is 3.90. The van der Waals surface area contributed by atoms with Crippen molar-refractivity contribution in [2.75, 3.05) is 33.9 Å². The highest BCUT2D eigenvalue weighted by Crippen LogP contribution is 2.28. The molecular formula is C16H23BrN2O4S. The molecule has 6 nitrogen and oxygen atoms in total. The van der Waals surface area contributed by atoms with Crippen molar-refractivity contribution in [2.45, 2.75) is 24.2 Å². The molecule has 24 heavy (non-hydrogen) atoms. The van der Waals surface area contributed by atoms with Crippen LogP contribution in [-0.4, -0.2) is 52.5 Å². The molecule has 8 heteroatoms. The first kappa shape index (κ1) is 19.4. The van der Waals surface area contributed by atoms with E-state index in [2.05, 4.69) is 21.2 Å². The number of halogens is 1. The number of nitrogens with one attached hydrogen (secondary N) is 1. The lowest BCUT2D eigenvalue weighted by Gasteiger charge is -2.14. The maximum atomic E-state index is 12.3. The van der Waals surface area contributed by atoms with Gasteiger partial charge < -0.3 is 10.1 Å². The number of carbonyl (C=O) groups is 1. The summed E-state index contributed by atoms with van der Waals surface area (Å²) in [5, 5.41) is 2.79. The molecule has 1 fully saturated rings. The maximum absolute atomic E-state index is 12.3. The van der Waals surface area contributed by atoms with Gasteiger partial charge in [0.15, 0.2) is 0 Å². The Balaban J connectivity index is 1.89. The van der Waals surface area contributed by atoms with Gasteiger partial charge in [0.2, 0.25) is 10.0 Å². The monoisotopic (exact) mass is 418 g/mol. The molecule has 1 aliphatic rings. The zero-order chi connectivity index (χ0) is 17.7. The fourth-order valence-electron chi connectivity index (χ4n) is 2.05. The second kappa shape index (κ2) is 8.42. The molecule has 0 bridgehead atoms. The molecule has 134 valence electrons. The van der Waals surface area contributed by atoms with Gasteiger partial charge in [0.1, 0.15) is 0 Å². The first-order chi connectivity index (χ1) is 11.3. The number of carbonyl (C=O) groups excluding carboxylic acids is 1. The molecule has 0 saturated heterocycles. The lowest BCUT2D eigenvalue weighted by atomic mass is 10.2. The summed E-state index contributed by atoms with van der Waals surface area (Å²) in [7, 11) is -0.703. The molecule has 1 N–H and O–H groups in total. The van der Waals surface area contributed by atoms with Crippen LogP contribution in [0.15, 0.2) is 27.6 Å². The number of nitrogens with zero attached hydrogens (tertiary/aromatic N) is 1. The Kier molecular flexibility index (Phi) is 6.79. The van der Waals surface area contributed by atoms with Crippen molar-refractivity contribution in [3.05, 3.63) is 28.2 Å². The highest BCUT2D eigenvalue weighted by Gasteiger charge is 2.22. The first-order valence-corrected chi connectivity index (χ1v) is 10.1. The van der Waals surface area contributed by atoms with Crippen LogP contribution in [0.3, 0.4) is 0 Å². The van der Waals surface area contributed by atoms with Crippen LogP contribution in [0.4, 0.5) is 0 Å². The number of benzene rings is 1. The van der Waals surface area contributed by atoms with Crippen molar-refractivity contribution in [1.82, 2.24) is 9.62 Å². The molecule has 0 aromatic heterocycles. The van der Waals surface area contributed by atoms with Crippen LogP contribution in [0, 0.1) is 5.92 Å². The van der Waals surface area contributed by atoms with Gasteiger partial charge in [-0.1, -0.05) is 0 Å². The van der Waals surface area contributed by atoms with Gasteiger partial charge in [-0.25, -0.2) is 12.7 Å². The molecule has 0 aliphatic heterocycles. The minimum Gasteiger partial charge on any atom is -0.381 e. The maximum Gasteiger partial charge on any atom is 0.251 e. The summed E-state index contributed by atoms with van der Waals surface area (Å²) in [6.07, 6.45) is 3.26. The van der Waals surface area contributed by atoms with Crippen molar-refractivity contribution in [1.29, 1.82) is 0 Å². The lowest BCUT2D eigenvalue weighted by molar-refractivity contribution is 0.0937. The minimum absolute atomic E-state index is 0.0768. The van der Waals surface area contributed by atoms with Crippen LogP contribution < -0.4 is 5.32 Å². The summed E-state index contributed by atoms with van der Waals surface area (Å²) in [5.41, 5.74) is 0.317. The van der Waals surface area contributed by atoms with Gasteiger partial charge in [-0.15, -0.1) is 0 Å². The molecular weight excluding hydrogens is 396 g/mol. The molecule has 1 aromatic rings. The number of hydrogen-bond acceptors (Lipinski definition) is 4. The highest BCUT2D eigenvalue weighted by atomic mass is 79.9. The zero-order valence-corrected chi connectivity index (χ0v) is 16.3. The van der Waals surface area contributed by atoms with Crippen molar-refractivity contribution >= 4 is 31.9 Å². The van der Waals surface area contributed by atoms with E-state index >= 15 is 0 Å². The standard InChI is InChI=1S/C16H23BrN2O4S/c1-19(2)24(21,22)15-10-13(6-7-14(15)17)16(20)18-8-3-9-23-11-12-4-5-12/h6-7,10,12H,3-5,8-9,11H2,1-2H3,(H,18,20). The molecule has 1 amide bonds. The quantitative estimate of drug-likeness (QED) is 0.623. The number of rotatable bonds is 9. The first-order valence-electron chi connectivity index (χ1n) is 7.90. The van der Waals surface area contributed by atoms with Crippen LogP contribution in [0.2, 0.25) is 0 Å². The van der Waals surface area contributed by atoms with Crippen molar-refractivity contribution in [2.24, 2.45) is 5.92 Å². The largest absolute Gasteiger partial charge is 0.381 e. The van der Waals surface area contributed by atoms with E-state index in [9.17, 15) is 13.2 Å². The third-order valence-electron chi connectivity index (χ3n) is 3.75. The Labute approximate surface area is 151 Å². The van der Waals surface area contributed by atoms with E-state index in [4.69, 9.17) is 4.74 Å². The molecule has 1 aliphatic carbocycles. The van der Waals surface area contributed by atoms with Crippen molar-refractivity contribution < 1.29 is 17.9 Å². The smallest absolute Gasteiger partial charge is 0.251 e. The molecule has 1 saturated carbocycles. The fraction of sp³-hybridized carbons (Fsp3) is 0.562. The third-order valence-corrected chi connectivity index (χ3v) is 6.56. The van der Waals surface area contributed by atoms with Crippen LogP contribution in [-0.2, 0) is 14.8 Å². The average molecular weight is 419 g/mol. The minimum atomic E-state index is -3.61. The van der Waals surface area contributed by atoms with Crippen molar-refractivity contribution in [3.63, 3.8) is 0 Å². The molecule has 0 spiro atoms. The summed E-state index contributed by atoms with van der Waals surface area (Å²) in [5.74, 6) is 0.444. The second-order valence-corrected chi connectivity index (χ2v) is 9.03. The van der Waals surface area contributed by atoms with Gasteiger partial charge in [-0.3, -0.25) is 4.79 Å². The summed E-state index contributed by atoms with van der Waals surface area (Å²) < 4.78 is 31.6. The average Bonchev–Trinajstić information content (AvgIpc) is 3.34. The lowest BCUT2D eigenvalue weighted by Crippen LogP contribution is -2.26. The summed E-state index contributed by atoms with van der Waals surface area (Å²) in [6, 6.07) is 4.56. The van der Waals surface area contributed by atoms with E-state index in [0.29, 0.717) is 23.2 Å². The number of hydrogen-bond donors (Lipinski definition) is 1. The van der Waals surface area contributed by atoms with E-state index < -0.39 is 10.0 Å². The Bertz CT molecular complexity index is 687. The summed E-state index contributed by atoms with van der Waals surface area (Å²) in [4.78, 5) is 12.3. The molecule has 0 heterocycles. The number of amides is 1. The van der Waals surface area contributed by atoms with Gasteiger partial charge in [-0.05, 0) is 59.3 Å². The van der Waals surface area contributed by atoms with Gasteiger partial charge in [-0.2, -0.15) is 0 Å². The van der Waals surface area contributed by atoms with E-state index in [-0.39, 0.29) is 10.8 Å². The Morgan fingerprint density at radius 3 is 2.71 bits per heavy atom. The zero-order valence-electron chi connectivity index (χ0n) is 13.9. The second-order valence-electron chi connectivity index (χ2n) is 6.06. The Morgan fingerprint density at radius 1 is 1.38 bits per heavy atom. The molecule has 0 unspecified atom stereocenters. The molecule has 2 rings (SSSR count). The summed E-state index contributed by atoms with van der Waals surface area (Å²) in [6.45, 7) is 1.93. The molecule has 0 atom stereocenters. The number of ether oxygens (including phenoxy) is 1. The predicted molar refractivity (Wildman–Crippen MR) is 95.5 cm³/mol. The van der Waals surface area contributed by atoms with Crippen LogP contribution in [0.1, 0.15) is 29.6 Å². The van der Waals surface area contributed by atoms with E-state index in [1.807, 2.05) is 0 Å². The summed E-state index contributed by atoms with van der Waals surface area (Å²) >= 11 is 3.23. The Morgan fingerprint density at radius 2 is 2.08 bits per heavy atom. The normalized spacial score (nSPS) is 14.8. The van der Waals surface area contributed by atoms with E-state index in [1.165, 1.54) is 33.0 Å². The van der Waals surface area contributed by atoms with Gasteiger partial charge in [0, 0.05) is 43.9 Å². The number of sulfonamides is 1. The van der Waals surface area contributed by atoms with E-state index in [1.54, 1.807) is 12.1 Å². The highest BCUT2D eigenvalue weighted by molar-refractivity contribution is 9.10. The molecule has 0 radical (unpaired) electrons.